The van der Waals surface area contributed by atoms with Crippen molar-refractivity contribution in [1.82, 2.24) is 14.9 Å². The third-order valence-electron chi connectivity index (χ3n) is 3.45. The summed E-state index contributed by atoms with van der Waals surface area (Å²) in [4.78, 5) is 24.2. The molecule has 0 fully saturated rings. The number of fused-ring (bicyclic) bond motifs is 1. The number of carbonyl (C=O) groups is 1. The van der Waals surface area contributed by atoms with Crippen molar-refractivity contribution in [2.45, 2.75) is 18.5 Å². The third kappa shape index (κ3) is 4.15. The summed E-state index contributed by atoms with van der Waals surface area (Å²) >= 11 is 6.55. The van der Waals surface area contributed by atoms with Gasteiger partial charge in [-0.05, 0) is 35.0 Å². The van der Waals surface area contributed by atoms with Crippen LogP contribution in [0.5, 0.6) is 0 Å². The zero-order chi connectivity index (χ0) is 17.1. The largest absolute Gasteiger partial charge is 0.340 e. The molecule has 0 aliphatic heterocycles. The second kappa shape index (κ2) is 7.63. The molecular weight excluding hydrogens is 406 g/mol. The number of hydrogen-bond donors (Lipinski definition) is 0. The van der Waals surface area contributed by atoms with Gasteiger partial charge >= 0.3 is 0 Å². The monoisotopic (exact) mass is 421 g/mol. The van der Waals surface area contributed by atoms with Crippen LogP contribution >= 0.6 is 39.0 Å². The van der Waals surface area contributed by atoms with Gasteiger partial charge in [-0.3, -0.25) is 4.79 Å². The number of aryl methyl sites for hydroxylation is 1. The number of carbonyl (C=O) groups excluding carboxylic acids is 1. The van der Waals surface area contributed by atoms with Crippen LogP contribution in [-0.2, 0) is 11.3 Å². The molecule has 0 aliphatic carbocycles. The lowest BCUT2D eigenvalue weighted by atomic mass is 10.2. The van der Waals surface area contributed by atoms with Crippen LogP contribution in [0.4, 0.5) is 0 Å². The molecular formula is C17H16BrN3OS2. The maximum Gasteiger partial charge on any atom is 0.233 e. The minimum Gasteiger partial charge on any atom is -0.340 e. The molecule has 0 N–H and O–H groups in total. The molecule has 1 aromatic carbocycles. The van der Waals surface area contributed by atoms with E-state index >= 15 is 0 Å². The van der Waals surface area contributed by atoms with Crippen molar-refractivity contribution in [2.24, 2.45) is 0 Å². The van der Waals surface area contributed by atoms with Gasteiger partial charge in [0.1, 0.15) is 10.9 Å². The number of hydrogen-bond acceptors (Lipinski definition) is 5. The van der Waals surface area contributed by atoms with Gasteiger partial charge < -0.3 is 4.90 Å². The predicted octanol–water partition coefficient (Wildman–Crippen LogP) is 4.51. The number of amides is 1. The number of benzene rings is 1. The summed E-state index contributed by atoms with van der Waals surface area (Å²) in [5.41, 5.74) is 0.914. The van der Waals surface area contributed by atoms with Crippen molar-refractivity contribution in [1.29, 1.82) is 0 Å². The quantitative estimate of drug-likeness (QED) is 0.448. The van der Waals surface area contributed by atoms with Crippen LogP contribution in [0, 0.1) is 6.92 Å². The molecule has 24 heavy (non-hydrogen) atoms. The number of halogens is 1. The molecule has 124 valence electrons. The van der Waals surface area contributed by atoms with Crippen LogP contribution in [0.1, 0.15) is 10.7 Å². The molecule has 2 heterocycles. The van der Waals surface area contributed by atoms with E-state index in [2.05, 4.69) is 25.9 Å². The smallest absolute Gasteiger partial charge is 0.233 e. The summed E-state index contributed by atoms with van der Waals surface area (Å²) in [5, 5.41) is 3.88. The highest BCUT2D eigenvalue weighted by Gasteiger charge is 2.13. The van der Waals surface area contributed by atoms with Gasteiger partial charge in [0.05, 0.1) is 17.8 Å². The molecule has 3 aromatic rings. The Bertz CT molecular complexity index is 881. The molecule has 2 aromatic heterocycles. The number of para-hydroxylation sites is 1. The first-order chi connectivity index (χ1) is 11.5. The number of thioether (sulfide) groups is 1. The summed E-state index contributed by atoms with van der Waals surface area (Å²) in [7, 11) is 1.83. The molecule has 0 atom stereocenters. The standard InChI is InChI=1S/C17H16BrN3OS2/c1-11-19-15-6-4-3-5-14(15)17(20-11)24-10-16(22)21(2)8-13-7-12(18)9-23-13/h3-7,9H,8,10H2,1-2H3. The number of aromatic nitrogens is 2. The van der Waals surface area contributed by atoms with Crippen LogP contribution in [0.2, 0.25) is 0 Å². The molecule has 0 unspecified atom stereocenters. The van der Waals surface area contributed by atoms with Crippen molar-refractivity contribution in [3.63, 3.8) is 0 Å². The summed E-state index contributed by atoms with van der Waals surface area (Å²) in [6.45, 7) is 2.50. The van der Waals surface area contributed by atoms with Crippen molar-refractivity contribution in [3.8, 4) is 0 Å². The van der Waals surface area contributed by atoms with E-state index < -0.39 is 0 Å². The molecule has 7 heteroatoms. The van der Waals surface area contributed by atoms with Gasteiger partial charge in [-0.1, -0.05) is 30.0 Å². The van der Waals surface area contributed by atoms with E-state index in [1.54, 1.807) is 16.2 Å². The molecule has 0 spiro atoms. The van der Waals surface area contributed by atoms with E-state index in [1.807, 2.05) is 49.7 Å². The summed E-state index contributed by atoms with van der Waals surface area (Å²) in [6.07, 6.45) is 0. The average Bonchev–Trinajstić information content (AvgIpc) is 2.97. The Balaban J connectivity index is 1.68. The fourth-order valence-corrected chi connectivity index (χ4v) is 4.78. The predicted molar refractivity (Wildman–Crippen MR) is 103 cm³/mol. The van der Waals surface area contributed by atoms with E-state index in [9.17, 15) is 4.79 Å². The highest BCUT2D eigenvalue weighted by Crippen LogP contribution is 2.26. The maximum atomic E-state index is 12.4. The van der Waals surface area contributed by atoms with E-state index in [1.165, 1.54) is 11.8 Å². The Morgan fingerprint density at radius 2 is 2.12 bits per heavy atom. The highest BCUT2D eigenvalue weighted by atomic mass is 79.9. The highest BCUT2D eigenvalue weighted by molar-refractivity contribution is 9.10. The summed E-state index contributed by atoms with van der Waals surface area (Å²) in [6, 6.07) is 9.93. The van der Waals surface area contributed by atoms with Crippen molar-refractivity contribution in [2.75, 3.05) is 12.8 Å². The number of rotatable bonds is 5. The van der Waals surface area contributed by atoms with Crippen LogP contribution in [0.3, 0.4) is 0 Å². The lowest BCUT2D eigenvalue weighted by Crippen LogP contribution is -2.27. The zero-order valence-corrected chi connectivity index (χ0v) is 16.5. The van der Waals surface area contributed by atoms with E-state index in [-0.39, 0.29) is 5.91 Å². The minimum atomic E-state index is 0.0878. The maximum absolute atomic E-state index is 12.4. The van der Waals surface area contributed by atoms with Crippen LogP contribution in [0.25, 0.3) is 10.9 Å². The van der Waals surface area contributed by atoms with Gasteiger partial charge in [0.15, 0.2) is 0 Å². The molecule has 0 saturated heterocycles. The van der Waals surface area contributed by atoms with Gasteiger partial charge in [0, 0.05) is 27.2 Å². The van der Waals surface area contributed by atoms with Gasteiger partial charge in [-0.15, -0.1) is 11.3 Å². The fraction of sp³-hybridized carbons (Fsp3) is 0.235. The van der Waals surface area contributed by atoms with Gasteiger partial charge in [0.2, 0.25) is 5.91 Å². The summed E-state index contributed by atoms with van der Waals surface area (Å²) < 4.78 is 1.06. The zero-order valence-electron chi connectivity index (χ0n) is 13.3. The van der Waals surface area contributed by atoms with E-state index in [0.717, 1.165) is 31.1 Å². The van der Waals surface area contributed by atoms with Crippen molar-refractivity contribution in [3.05, 3.63) is 50.9 Å². The molecule has 0 bridgehead atoms. The Morgan fingerprint density at radius 1 is 1.33 bits per heavy atom. The van der Waals surface area contributed by atoms with Gasteiger partial charge in [-0.25, -0.2) is 9.97 Å². The van der Waals surface area contributed by atoms with Crippen LogP contribution in [0.15, 0.2) is 45.2 Å². The second-order valence-corrected chi connectivity index (χ2v) is 8.24. The molecule has 1 amide bonds. The molecule has 0 aliphatic rings. The Hall–Kier alpha value is -1.44. The first-order valence-corrected chi connectivity index (χ1v) is 10.0. The fourth-order valence-electron chi connectivity index (χ4n) is 2.27. The SMILES string of the molecule is Cc1nc(SCC(=O)N(C)Cc2cc(Br)cs2)c2ccccc2n1. The topological polar surface area (TPSA) is 46.1 Å². The normalized spacial score (nSPS) is 11.0. The lowest BCUT2D eigenvalue weighted by Gasteiger charge is -2.16. The summed E-state index contributed by atoms with van der Waals surface area (Å²) in [5.74, 6) is 1.18. The number of nitrogens with zero attached hydrogens (tertiary/aromatic N) is 3. The molecule has 0 radical (unpaired) electrons. The Labute approximate surface area is 157 Å². The van der Waals surface area contributed by atoms with Crippen LogP contribution < -0.4 is 0 Å². The number of thiophene rings is 1. The molecule has 4 nitrogen and oxygen atoms in total. The second-order valence-electron chi connectivity index (χ2n) is 5.36. The molecule has 3 rings (SSSR count). The third-order valence-corrected chi connectivity index (χ3v) is 6.11. The first kappa shape index (κ1) is 17.4. The Morgan fingerprint density at radius 3 is 2.88 bits per heavy atom. The van der Waals surface area contributed by atoms with E-state index in [4.69, 9.17) is 0 Å². The molecule has 0 saturated carbocycles. The van der Waals surface area contributed by atoms with Crippen LogP contribution in [-0.4, -0.2) is 33.6 Å². The average molecular weight is 422 g/mol. The lowest BCUT2D eigenvalue weighted by molar-refractivity contribution is -0.127. The Kier molecular flexibility index (Phi) is 5.53. The van der Waals surface area contributed by atoms with Crippen molar-refractivity contribution >= 4 is 55.8 Å². The van der Waals surface area contributed by atoms with Gasteiger partial charge in [-0.2, -0.15) is 0 Å². The minimum absolute atomic E-state index is 0.0878. The van der Waals surface area contributed by atoms with Gasteiger partial charge in [0.25, 0.3) is 0 Å². The van der Waals surface area contributed by atoms with E-state index in [0.29, 0.717) is 12.3 Å². The first-order valence-electron chi connectivity index (χ1n) is 7.36. The van der Waals surface area contributed by atoms with Crippen molar-refractivity contribution < 1.29 is 4.79 Å².